The Balaban J connectivity index is 1.73. The summed E-state index contributed by atoms with van der Waals surface area (Å²) in [5, 5.41) is 33.0. The van der Waals surface area contributed by atoms with Crippen molar-refractivity contribution in [2.45, 2.75) is 188 Å². The number of carbonyl (C=O) groups excluding carboxylic acids is 9. The molecule has 6 N–H and O–H groups in total. The molecule has 89 heavy (non-hydrogen) atoms. The molecular weight excluding hydrogens is 1140 g/mol. The molecule has 0 spiro atoms. The highest BCUT2D eigenvalue weighted by Crippen LogP contribution is 2.29. The summed E-state index contributed by atoms with van der Waals surface area (Å²) >= 11 is 0. The van der Waals surface area contributed by atoms with Crippen LogP contribution in [0.3, 0.4) is 0 Å². The maximum atomic E-state index is 15.7. The lowest BCUT2D eigenvalue weighted by atomic mass is 9.93. The number of aliphatic hydroxyl groups excluding tert-OH is 1. The van der Waals surface area contributed by atoms with Crippen molar-refractivity contribution in [2.75, 3.05) is 53.2 Å². The Hall–Kier alpha value is -7.46. The zero-order valence-electron chi connectivity index (χ0n) is 55.2. The second kappa shape index (κ2) is 32.3. The van der Waals surface area contributed by atoms with Crippen molar-refractivity contribution in [1.82, 2.24) is 45.4 Å². The molecule has 2 aliphatic heterocycles. The first-order valence-corrected chi connectivity index (χ1v) is 31.5. The number of ether oxygens (including phenoxy) is 1. The molecule has 22 heteroatoms. The van der Waals surface area contributed by atoms with Crippen molar-refractivity contribution in [2.24, 2.45) is 29.6 Å². The molecule has 0 radical (unpaired) electrons. The molecule has 11 atom stereocenters. The number of nitrogens with one attached hydrogen (secondary N) is 4. The minimum atomic E-state index is -1.99. The number of aliphatic hydroxyl groups is 2. The van der Waals surface area contributed by atoms with E-state index in [1.54, 1.807) is 85.0 Å². The number of fused-ring (bicyclic) bond motifs is 1. The third-order valence-electron chi connectivity index (χ3n) is 17.4. The van der Waals surface area contributed by atoms with Crippen LogP contribution in [0.25, 0.3) is 11.1 Å². The molecule has 2 aromatic carbocycles. The van der Waals surface area contributed by atoms with E-state index in [9.17, 15) is 29.4 Å². The molecule has 490 valence electrons. The van der Waals surface area contributed by atoms with Gasteiger partial charge in [0.2, 0.25) is 41.4 Å². The molecular formula is C67H100N10O12. The number of likely N-dealkylation sites (N-methyl/N-ethyl adjacent to an activating group) is 4. The van der Waals surface area contributed by atoms with Crippen LogP contribution in [-0.2, 0) is 60.7 Å². The van der Waals surface area contributed by atoms with Crippen LogP contribution in [-0.4, -0.2) is 201 Å². The van der Waals surface area contributed by atoms with E-state index in [-0.39, 0.29) is 44.8 Å². The summed E-state index contributed by atoms with van der Waals surface area (Å²) in [4.78, 5) is 147. The number of benzene rings is 2. The predicted molar refractivity (Wildman–Crippen MR) is 340 cm³/mol. The highest BCUT2D eigenvalue weighted by molar-refractivity contribution is 5.99. The summed E-state index contributed by atoms with van der Waals surface area (Å²) in [6.45, 7) is 20.8. The van der Waals surface area contributed by atoms with Gasteiger partial charge in [0, 0.05) is 71.8 Å². The minimum Gasteiger partial charge on any atom is -0.450 e. The number of cyclic esters (lactones) is 1. The maximum absolute atomic E-state index is 15.7. The number of hydrogen-bond donors (Lipinski definition) is 6. The number of nitrogens with zero attached hydrogens (tertiary/aromatic N) is 6. The first kappa shape index (κ1) is 72.3. The number of rotatable bonds is 17. The maximum Gasteiger partial charge on any atom is 0.332 e. The summed E-state index contributed by atoms with van der Waals surface area (Å²) in [6.07, 6.45) is 1.47. The molecule has 0 unspecified atom stereocenters. The first-order valence-electron chi connectivity index (χ1n) is 31.5. The van der Waals surface area contributed by atoms with Gasteiger partial charge in [0.15, 0.2) is 12.1 Å². The van der Waals surface area contributed by atoms with E-state index >= 15 is 24.0 Å². The third kappa shape index (κ3) is 18.4. The molecule has 0 saturated carbocycles. The molecule has 3 heterocycles. The van der Waals surface area contributed by atoms with Gasteiger partial charge in [-0.15, -0.1) is 0 Å². The minimum absolute atomic E-state index is 0.0481. The Labute approximate surface area is 526 Å². The largest absolute Gasteiger partial charge is 0.450 e. The standard InChI is InChI=1S/C67H100N10O12/c1-17-42(9)53-64(85)74(14)54(40(5)6)59(80)70-48(34-39(3)4)62(83)76(16)57(67(11,12)88)66(87)89-56(43(10)18-2)65(86)75(15)55(41(7)8)60(81)71-49(36-44-24-20-19-21-25-44)61(82)73(13)51(63(84)77-32-23-28-50(77)58(79)72-53)37-45-26-22-27-46(35-45)47-29-30-52(69-38-47)68-31-33-78/h19-22,24-27,29-30,35,38-43,48-51,53-57,78,88H,17-18,23,28,31-34,36-37H2,1-16H3,(H,68,69)(H,70,80)(H,71,81)(H,72,79)/t42-,43-,48-,49-,50-,51-,53-,54-,55-,56+,57+/m0/s1. The van der Waals surface area contributed by atoms with Crippen LogP contribution in [0, 0.1) is 29.6 Å². The fourth-order valence-electron chi connectivity index (χ4n) is 12.1. The highest BCUT2D eigenvalue weighted by atomic mass is 16.6. The zero-order valence-corrected chi connectivity index (χ0v) is 55.2. The van der Waals surface area contributed by atoms with Gasteiger partial charge in [-0.1, -0.05) is 130 Å². The molecule has 2 saturated heterocycles. The lowest BCUT2D eigenvalue weighted by molar-refractivity contribution is -0.177. The Bertz CT molecular complexity index is 2920. The number of hydrogen-bond acceptors (Lipinski definition) is 14. The zero-order chi connectivity index (χ0) is 66.4. The molecule has 5 rings (SSSR count). The van der Waals surface area contributed by atoms with Crippen molar-refractivity contribution in [1.29, 1.82) is 0 Å². The van der Waals surface area contributed by atoms with Crippen molar-refractivity contribution in [3.8, 4) is 11.1 Å². The summed E-state index contributed by atoms with van der Waals surface area (Å²) < 4.78 is 6.13. The topological polar surface area (TPSA) is 281 Å². The van der Waals surface area contributed by atoms with Gasteiger partial charge in [-0.3, -0.25) is 38.4 Å². The van der Waals surface area contributed by atoms with Crippen molar-refractivity contribution in [3.05, 3.63) is 84.1 Å². The van der Waals surface area contributed by atoms with Gasteiger partial charge in [-0.05, 0) is 92.0 Å². The number of pyridine rings is 1. The van der Waals surface area contributed by atoms with Gasteiger partial charge in [0.25, 0.3) is 5.91 Å². The van der Waals surface area contributed by atoms with E-state index in [2.05, 4.69) is 26.3 Å². The quantitative estimate of drug-likeness (QED) is 0.0988. The molecule has 2 aliphatic rings. The second-order valence-corrected chi connectivity index (χ2v) is 26.0. The summed E-state index contributed by atoms with van der Waals surface area (Å²) in [7, 11) is 5.64. The van der Waals surface area contributed by atoms with Gasteiger partial charge < -0.3 is 60.7 Å². The third-order valence-corrected chi connectivity index (χ3v) is 17.4. The SMILES string of the molecule is CC[C@H](C)[C@@H]1NC(=O)[C@@H]2CCCN2C(=O)[C@H](Cc2cccc(-c3ccc(NCCO)nc3)c2)N(C)C(=O)[C@H](Cc2ccccc2)NC(=O)[C@H](C(C)C)N(C)C(=O)[C@@H]([C@@H](C)CC)OC(=O)[C@H](C(C)(C)O)N(C)C(=O)[C@H](CC(C)C)NC(=O)[C@H](C(C)C)N(C)C1=O. The highest BCUT2D eigenvalue weighted by Gasteiger charge is 2.48. The number of amides is 8. The molecule has 8 amide bonds. The van der Waals surface area contributed by atoms with Gasteiger partial charge in [-0.25, -0.2) is 9.78 Å². The summed E-state index contributed by atoms with van der Waals surface area (Å²) in [5.41, 5.74) is 0.823. The Morgan fingerprint density at radius 2 is 1.22 bits per heavy atom. The lowest BCUT2D eigenvalue weighted by Crippen LogP contribution is -2.63. The molecule has 1 aromatic heterocycles. The van der Waals surface area contributed by atoms with Crippen LogP contribution in [0.1, 0.15) is 126 Å². The fraction of sp³-hybridized carbons (Fsp3) is 0.612. The fourth-order valence-corrected chi connectivity index (χ4v) is 12.1. The lowest BCUT2D eigenvalue weighted by Gasteiger charge is -2.39. The normalized spacial score (nSPS) is 24.8. The Morgan fingerprint density at radius 3 is 1.78 bits per heavy atom. The van der Waals surface area contributed by atoms with Crippen LogP contribution in [0.4, 0.5) is 5.82 Å². The average Bonchev–Trinajstić information content (AvgIpc) is 2.09. The first-order chi connectivity index (χ1) is 41.9. The number of carbonyl (C=O) groups is 9. The van der Waals surface area contributed by atoms with Gasteiger partial charge in [-0.2, -0.15) is 0 Å². The van der Waals surface area contributed by atoms with E-state index in [4.69, 9.17) is 4.74 Å². The van der Waals surface area contributed by atoms with Crippen molar-refractivity contribution < 1.29 is 58.1 Å². The molecule has 3 aromatic rings. The van der Waals surface area contributed by atoms with Crippen molar-refractivity contribution in [3.63, 3.8) is 0 Å². The predicted octanol–water partition coefficient (Wildman–Crippen LogP) is 4.84. The van der Waals surface area contributed by atoms with Gasteiger partial charge in [0.05, 0.1) is 12.2 Å². The summed E-state index contributed by atoms with van der Waals surface area (Å²) in [5.74, 6) is -8.45. The average molecular weight is 1240 g/mol. The summed E-state index contributed by atoms with van der Waals surface area (Å²) in [6, 6.07) is 9.63. The van der Waals surface area contributed by atoms with E-state index in [1.165, 1.54) is 61.6 Å². The Kier molecular flexibility index (Phi) is 26.3. The van der Waals surface area contributed by atoms with E-state index in [0.29, 0.717) is 42.8 Å². The number of esters is 1. The van der Waals surface area contributed by atoms with Crippen LogP contribution >= 0.6 is 0 Å². The van der Waals surface area contributed by atoms with Crippen LogP contribution < -0.4 is 21.3 Å². The van der Waals surface area contributed by atoms with E-state index in [1.807, 2.05) is 57.2 Å². The molecule has 2 fully saturated rings. The number of aromatic nitrogens is 1. The van der Waals surface area contributed by atoms with Crippen LogP contribution in [0.15, 0.2) is 72.9 Å². The van der Waals surface area contributed by atoms with Crippen LogP contribution in [0.2, 0.25) is 0 Å². The van der Waals surface area contributed by atoms with E-state index < -0.39 is 137 Å². The Morgan fingerprint density at radius 1 is 0.640 bits per heavy atom. The monoisotopic (exact) mass is 1240 g/mol. The number of anilines is 1. The van der Waals surface area contributed by atoms with Gasteiger partial charge in [0.1, 0.15) is 48.1 Å². The molecule has 0 aliphatic carbocycles. The second-order valence-electron chi connectivity index (χ2n) is 26.0. The van der Waals surface area contributed by atoms with E-state index in [0.717, 1.165) is 16.0 Å². The van der Waals surface area contributed by atoms with Gasteiger partial charge >= 0.3 is 5.97 Å². The molecule has 0 bridgehead atoms. The smallest absolute Gasteiger partial charge is 0.332 e. The van der Waals surface area contributed by atoms with Crippen molar-refractivity contribution >= 4 is 59.0 Å². The molecule has 22 nitrogen and oxygen atoms in total. The van der Waals surface area contributed by atoms with Crippen LogP contribution in [0.5, 0.6) is 0 Å².